The Hall–Kier alpha value is -1.72. The molecule has 21 heavy (non-hydrogen) atoms. The van der Waals surface area contributed by atoms with Gasteiger partial charge in [-0.2, -0.15) is 0 Å². The fourth-order valence-electron chi connectivity index (χ4n) is 2.33. The van der Waals surface area contributed by atoms with Crippen LogP contribution in [0.5, 0.6) is 0 Å². The predicted molar refractivity (Wildman–Crippen MR) is 87.5 cm³/mol. The molecule has 4 nitrogen and oxygen atoms in total. The summed E-state index contributed by atoms with van der Waals surface area (Å²) in [7, 11) is 2.10. The van der Waals surface area contributed by atoms with Crippen LogP contribution in [0.1, 0.15) is 36.3 Å². The van der Waals surface area contributed by atoms with E-state index in [9.17, 15) is 0 Å². The molecular weight excluding hydrogens is 280 g/mol. The van der Waals surface area contributed by atoms with Crippen LogP contribution < -0.4 is 0 Å². The van der Waals surface area contributed by atoms with Gasteiger partial charge in [0.25, 0.3) is 0 Å². The molecule has 0 amide bonds. The number of nitrogens with one attached hydrogen (secondary N) is 1. The Labute approximate surface area is 128 Å². The maximum Gasteiger partial charge on any atom is 0.121 e. The second kappa shape index (κ2) is 5.95. The van der Waals surface area contributed by atoms with Crippen molar-refractivity contribution in [3.63, 3.8) is 0 Å². The van der Waals surface area contributed by atoms with E-state index < -0.39 is 0 Å². The third kappa shape index (κ3) is 3.31. The molecule has 0 atom stereocenters. The number of aromatic nitrogens is 3. The molecule has 3 aromatic rings. The Morgan fingerprint density at radius 1 is 1.19 bits per heavy atom. The number of thiazole rings is 1. The van der Waals surface area contributed by atoms with Crippen molar-refractivity contribution in [1.82, 2.24) is 19.9 Å². The molecule has 1 aromatic carbocycles. The van der Waals surface area contributed by atoms with Gasteiger partial charge in [-0.15, -0.1) is 11.3 Å². The number of hydrogen-bond acceptors (Lipinski definition) is 4. The van der Waals surface area contributed by atoms with E-state index in [1.54, 1.807) is 11.3 Å². The minimum absolute atomic E-state index is 0.504. The fraction of sp³-hybridized carbons (Fsp3) is 0.375. The highest BCUT2D eigenvalue weighted by Gasteiger charge is 2.10. The van der Waals surface area contributed by atoms with E-state index >= 15 is 0 Å². The molecule has 5 heteroatoms. The van der Waals surface area contributed by atoms with Crippen molar-refractivity contribution in [2.75, 3.05) is 7.05 Å². The van der Waals surface area contributed by atoms with Crippen molar-refractivity contribution < 1.29 is 0 Å². The molecule has 110 valence electrons. The Morgan fingerprint density at radius 2 is 2.00 bits per heavy atom. The number of fused-ring (bicyclic) bond motifs is 1. The maximum atomic E-state index is 4.68. The number of hydrogen-bond donors (Lipinski definition) is 1. The first-order chi connectivity index (χ1) is 10.1. The Balaban J connectivity index is 1.66. The highest BCUT2D eigenvalue weighted by Crippen LogP contribution is 2.20. The van der Waals surface area contributed by atoms with Crippen molar-refractivity contribution in [2.45, 2.75) is 32.9 Å². The number of nitrogens with zero attached hydrogens (tertiary/aromatic N) is 3. The average molecular weight is 300 g/mol. The molecule has 2 aromatic heterocycles. The van der Waals surface area contributed by atoms with E-state index in [1.165, 1.54) is 5.01 Å². The summed E-state index contributed by atoms with van der Waals surface area (Å²) in [6.07, 6.45) is 0. The molecule has 0 saturated heterocycles. The smallest absolute Gasteiger partial charge is 0.121 e. The van der Waals surface area contributed by atoms with Crippen molar-refractivity contribution in [2.24, 2.45) is 0 Å². The van der Waals surface area contributed by atoms with E-state index in [2.05, 4.69) is 52.2 Å². The minimum Gasteiger partial charge on any atom is -0.341 e. The molecule has 0 fully saturated rings. The van der Waals surface area contributed by atoms with Crippen molar-refractivity contribution in [3.05, 3.63) is 46.2 Å². The van der Waals surface area contributed by atoms with Gasteiger partial charge in [0.1, 0.15) is 5.82 Å². The average Bonchev–Trinajstić information content (AvgIpc) is 3.04. The zero-order chi connectivity index (χ0) is 14.8. The summed E-state index contributed by atoms with van der Waals surface area (Å²) in [4.78, 5) is 14.9. The first-order valence-corrected chi connectivity index (χ1v) is 8.06. The largest absolute Gasteiger partial charge is 0.341 e. The zero-order valence-electron chi connectivity index (χ0n) is 12.6. The molecule has 0 bridgehead atoms. The maximum absolute atomic E-state index is 4.68. The molecule has 3 rings (SSSR count). The fourth-order valence-corrected chi connectivity index (χ4v) is 3.16. The first kappa shape index (κ1) is 14.2. The summed E-state index contributed by atoms with van der Waals surface area (Å²) < 4.78 is 0. The van der Waals surface area contributed by atoms with E-state index in [1.807, 2.05) is 18.2 Å². The Bertz CT molecular complexity index is 696. The van der Waals surface area contributed by atoms with Gasteiger partial charge in [-0.1, -0.05) is 26.0 Å². The van der Waals surface area contributed by atoms with Gasteiger partial charge in [-0.3, -0.25) is 4.90 Å². The molecule has 0 aliphatic carbocycles. The van der Waals surface area contributed by atoms with Gasteiger partial charge in [0, 0.05) is 17.8 Å². The van der Waals surface area contributed by atoms with Crippen LogP contribution in [-0.4, -0.2) is 26.9 Å². The lowest BCUT2D eigenvalue weighted by molar-refractivity contribution is 0.308. The van der Waals surface area contributed by atoms with Crippen LogP contribution in [0, 0.1) is 0 Å². The van der Waals surface area contributed by atoms with Crippen LogP contribution in [0.25, 0.3) is 11.0 Å². The van der Waals surface area contributed by atoms with Gasteiger partial charge in [0.05, 0.1) is 28.3 Å². The van der Waals surface area contributed by atoms with Crippen LogP contribution in [0.15, 0.2) is 29.6 Å². The standard InChI is InChI=1S/C16H20N4S/c1-11(2)16-17-12(10-21-16)8-20(3)9-15-18-13-6-4-5-7-14(13)19-15/h4-7,10-11H,8-9H2,1-3H3,(H,18,19). The topological polar surface area (TPSA) is 44.8 Å². The van der Waals surface area contributed by atoms with Crippen LogP contribution >= 0.6 is 11.3 Å². The van der Waals surface area contributed by atoms with Crippen LogP contribution in [0.2, 0.25) is 0 Å². The van der Waals surface area contributed by atoms with Crippen LogP contribution in [0.3, 0.4) is 0 Å². The van der Waals surface area contributed by atoms with Crippen LogP contribution in [-0.2, 0) is 13.1 Å². The second-order valence-corrected chi connectivity index (χ2v) is 6.59. The first-order valence-electron chi connectivity index (χ1n) is 7.18. The van der Waals surface area contributed by atoms with Crippen molar-refractivity contribution in [3.8, 4) is 0 Å². The quantitative estimate of drug-likeness (QED) is 0.780. The monoisotopic (exact) mass is 300 g/mol. The SMILES string of the molecule is CC(C)c1nc(CN(C)Cc2nc3ccccc3[nH]2)cs1. The molecule has 0 saturated carbocycles. The predicted octanol–water partition coefficient (Wildman–Crippen LogP) is 3.77. The zero-order valence-corrected chi connectivity index (χ0v) is 13.4. The van der Waals surface area contributed by atoms with E-state index in [-0.39, 0.29) is 0 Å². The molecule has 1 N–H and O–H groups in total. The molecule has 0 radical (unpaired) electrons. The number of H-pyrrole nitrogens is 1. The highest BCUT2D eigenvalue weighted by atomic mass is 32.1. The molecule has 0 aliphatic rings. The highest BCUT2D eigenvalue weighted by molar-refractivity contribution is 7.09. The van der Waals surface area contributed by atoms with Gasteiger partial charge < -0.3 is 4.98 Å². The molecule has 2 heterocycles. The number of imidazole rings is 1. The van der Waals surface area contributed by atoms with Gasteiger partial charge in [-0.25, -0.2) is 9.97 Å². The summed E-state index contributed by atoms with van der Waals surface area (Å²) in [6, 6.07) is 8.13. The van der Waals surface area contributed by atoms with Crippen molar-refractivity contribution >= 4 is 22.4 Å². The number of para-hydroxylation sites is 2. The van der Waals surface area contributed by atoms with Crippen molar-refractivity contribution in [1.29, 1.82) is 0 Å². The lowest BCUT2D eigenvalue weighted by atomic mass is 10.2. The number of benzene rings is 1. The molecule has 0 aliphatic heterocycles. The minimum atomic E-state index is 0.504. The van der Waals surface area contributed by atoms with Crippen LogP contribution in [0.4, 0.5) is 0 Å². The molecule has 0 spiro atoms. The second-order valence-electron chi connectivity index (χ2n) is 5.70. The Morgan fingerprint density at radius 3 is 2.71 bits per heavy atom. The summed E-state index contributed by atoms with van der Waals surface area (Å²) in [6.45, 7) is 6.00. The van der Waals surface area contributed by atoms with E-state index in [0.717, 1.165) is 35.6 Å². The Kier molecular flexibility index (Phi) is 4.03. The summed E-state index contributed by atoms with van der Waals surface area (Å²) >= 11 is 1.75. The van der Waals surface area contributed by atoms with Gasteiger partial charge in [-0.05, 0) is 19.2 Å². The van der Waals surface area contributed by atoms with Gasteiger partial charge in [0.15, 0.2) is 0 Å². The van der Waals surface area contributed by atoms with Gasteiger partial charge in [0.2, 0.25) is 0 Å². The molecular formula is C16H20N4S. The molecule has 0 unspecified atom stereocenters. The third-order valence-corrected chi connectivity index (χ3v) is 4.55. The summed E-state index contributed by atoms with van der Waals surface area (Å²) in [5.41, 5.74) is 3.26. The lowest BCUT2D eigenvalue weighted by Crippen LogP contribution is -2.18. The number of aromatic amines is 1. The summed E-state index contributed by atoms with van der Waals surface area (Å²) in [5, 5.41) is 3.37. The van der Waals surface area contributed by atoms with E-state index in [0.29, 0.717) is 5.92 Å². The third-order valence-electron chi connectivity index (χ3n) is 3.35. The van der Waals surface area contributed by atoms with Gasteiger partial charge >= 0.3 is 0 Å². The summed E-state index contributed by atoms with van der Waals surface area (Å²) in [5.74, 6) is 1.50. The lowest BCUT2D eigenvalue weighted by Gasteiger charge is -2.13. The normalized spacial score (nSPS) is 11.9. The number of rotatable bonds is 5. The van der Waals surface area contributed by atoms with E-state index in [4.69, 9.17) is 0 Å².